The molecule has 0 radical (unpaired) electrons. The lowest BCUT2D eigenvalue weighted by Crippen LogP contribution is -1.89. The van der Waals surface area contributed by atoms with E-state index < -0.39 is 0 Å². The van der Waals surface area contributed by atoms with Crippen molar-refractivity contribution in [1.29, 1.82) is 0 Å². The Morgan fingerprint density at radius 3 is 2.70 bits per heavy atom. The summed E-state index contributed by atoms with van der Waals surface area (Å²) in [5, 5.41) is 22.6. The van der Waals surface area contributed by atoms with Crippen molar-refractivity contribution >= 4 is 0 Å². The largest absolute Gasteiger partial charge is 0.504 e. The fourth-order valence-corrected chi connectivity index (χ4v) is 1.81. The maximum atomic E-state index is 9.48. The minimum atomic E-state index is -0.240. The second-order valence-corrected chi connectivity index (χ2v) is 4.30. The van der Waals surface area contributed by atoms with E-state index in [9.17, 15) is 10.2 Å². The third-order valence-corrected chi connectivity index (χ3v) is 2.87. The molecule has 0 unspecified atom stereocenters. The van der Waals surface area contributed by atoms with Gasteiger partial charge in [0.05, 0.1) is 0 Å². The van der Waals surface area contributed by atoms with Crippen molar-refractivity contribution in [3.8, 4) is 34.5 Å². The quantitative estimate of drug-likeness (QED) is 0.694. The van der Waals surface area contributed by atoms with Gasteiger partial charge < -0.3 is 14.7 Å². The SMILES string of the molecule is Cc1cccnc1-c1noc(-c2ccc(O)c(O)c2)n1. The molecule has 0 amide bonds. The number of aromatic nitrogens is 3. The number of rotatable bonds is 2. The maximum Gasteiger partial charge on any atom is 0.258 e. The summed E-state index contributed by atoms with van der Waals surface area (Å²) in [7, 11) is 0. The van der Waals surface area contributed by atoms with E-state index in [1.54, 1.807) is 12.3 Å². The average molecular weight is 269 g/mol. The summed E-state index contributed by atoms with van der Waals surface area (Å²) in [6.45, 7) is 1.91. The average Bonchev–Trinajstić information content (AvgIpc) is 2.92. The van der Waals surface area contributed by atoms with Crippen molar-refractivity contribution in [2.45, 2.75) is 6.92 Å². The van der Waals surface area contributed by atoms with Crippen LogP contribution in [0.25, 0.3) is 23.0 Å². The Bertz CT molecular complexity index is 768. The van der Waals surface area contributed by atoms with Gasteiger partial charge in [-0.05, 0) is 36.8 Å². The lowest BCUT2D eigenvalue weighted by Gasteiger charge is -1.98. The Balaban J connectivity index is 2.02. The maximum absolute atomic E-state index is 9.48. The predicted octanol–water partition coefficient (Wildman–Crippen LogP) is 2.52. The summed E-state index contributed by atoms with van der Waals surface area (Å²) in [6.07, 6.45) is 1.66. The summed E-state index contributed by atoms with van der Waals surface area (Å²) in [5.41, 5.74) is 2.10. The summed E-state index contributed by atoms with van der Waals surface area (Å²) in [6, 6.07) is 8.04. The van der Waals surface area contributed by atoms with E-state index in [0.29, 0.717) is 17.1 Å². The van der Waals surface area contributed by atoms with Crippen LogP contribution in [0.2, 0.25) is 0 Å². The number of phenols is 2. The normalized spacial score (nSPS) is 10.7. The van der Waals surface area contributed by atoms with E-state index in [1.807, 2.05) is 19.1 Å². The van der Waals surface area contributed by atoms with E-state index in [1.165, 1.54) is 12.1 Å². The third kappa shape index (κ3) is 2.07. The first kappa shape index (κ1) is 12.2. The van der Waals surface area contributed by atoms with Gasteiger partial charge in [-0.15, -0.1) is 0 Å². The second kappa shape index (κ2) is 4.65. The zero-order valence-electron chi connectivity index (χ0n) is 10.6. The lowest BCUT2D eigenvalue weighted by atomic mass is 10.2. The number of pyridine rings is 1. The number of aryl methyl sites for hydroxylation is 1. The number of hydrogen-bond donors (Lipinski definition) is 2. The van der Waals surface area contributed by atoms with Crippen molar-refractivity contribution in [3.63, 3.8) is 0 Å². The first-order chi connectivity index (χ1) is 9.65. The van der Waals surface area contributed by atoms with Crippen LogP contribution in [0.1, 0.15) is 5.56 Å². The fourth-order valence-electron chi connectivity index (χ4n) is 1.81. The van der Waals surface area contributed by atoms with Gasteiger partial charge in [-0.25, -0.2) is 0 Å². The van der Waals surface area contributed by atoms with Crippen LogP contribution in [0, 0.1) is 6.92 Å². The van der Waals surface area contributed by atoms with Crippen molar-refractivity contribution in [1.82, 2.24) is 15.1 Å². The molecule has 0 spiro atoms. The van der Waals surface area contributed by atoms with Gasteiger partial charge in [-0.2, -0.15) is 4.98 Å². The number of benzene rings is 1. The predicted molar refractivity (Wildman–Crippen MR) is 71.0 cm³/mol. The van der Waals surface area contributed by atoms with Crippen LogP contribution in [0.5, 0.6) is 11.5 Å². The summed E-state index contributed by atoms with van der Waals surface area (Å²) in [5.74, 6) is 0.191. The molecule has 2 heterocycles. The number of hydrogen-bond acceptors (Lipinski definition) is 6. The molecule has 0 aliphatic rings. The lowest BCUT2D eigenvalue weighted by molar-refractivity contribution is 0.402. The van der Waals surface area contributed by atoms with Crippen molar-refractivity contribution < 1.29 is 14.7 Å². The number of nitrogens with zero attached hydrogens (tertiary/aromatic N) is 3. The highest BCUT2D eigenvalue weighted by Crippen LogP contribution is 2.30. The molecule has 6 nitrogen and oxygen atoms in total. The minimum absolute atomic E-state index is 0.200. The van der Waals surface area contributed by atoms with Crippen LogP contribution in [-0.2, 0) is 0 Å². The molecule has 100 valence electrons. The molecule has 3 rings (SSSR count). The van der Waals surface area contributed by atoms with Gasteiger partial charge in [-0.3, -0.25) is 4.98 Å². The van der Waals surface area contributed by atoms with Gasteiger partial charge in [0.2, 0.25) is 5.82 Å². The van der Waals surface area contributed by atoms with Crippen LogP contribution in [0.15, 0.2) is 41.1 Å². The second-order valence-electron chi connectivity index (χ2n) is 4.30. The Morgan fingerprint density at radius 1 is 1.10 bits per heavy atom. The molecular formula is C14H11N3O3. The van der Waals surface area contributed by atoms with Gasteiger partial charge in [0.15, 0.2) is 11.5 Å². The molecule has 0 aliphatic carbocycles. The molecule has 2 aromatic heterocycles. The van der Waals surface area contributed by atoms with Crippen molar-refractivity contribution in [3.05, 3.63) is 42.1 Å². The van der Waals surface area contributed by atoms with E-state index in [-0.39, 0.29) is 17.4 Å². The van der Waals surface area contributed by atoms with Crippen molar-refractivity contribution in [2.24, 2.45) is 0 Å². The molecule has 1 aromatic carbocycles. The Labute approximate surface area is 114 Å². The molecule has 20 heavy (non-hydrogen) atoms. The summed E-state index contributed by atoms with van der Waals surface area (Å²) in [4.78, 5) is 8.46. The number of aromatic hydroxyl groups is 2. The Hall–Kier alpha value is -2.89. The van der Waals surface area contributed by atoms with Crippen LogP contribution < -0.4 is 0 Å². The molecular weight excluding hydrogens is 258 g/mol. The molecule has 0 saturated heterocycles. The van der Waals surface area contributed by atoms with Gasteiger partial charge >= 0.3 is 0 Å². The number of phenolic OH excluding ortho intramolecular Hbond substituents is 2. The highest BCUT2D eigenvalue weighted by atomic mass is 16.5. The summed E-state index contributed by atoms with van der Waals surface area (Å²) >= 11 is 0. The Morgan fingerprint density at radius 2 is 1.95 bits per heavy atom. The Kier molecular flexibility index (Phi) is 2.83. The molecule has 3 aromatic rings. The van der Waals surface area contributed by atoms with Crippen molar-refractivity contribution in [2.75, 3.05) is 0 Å². The molecule has 6 heteroatoms. The van der Waals surface area contributed by atoms with E-state index in [4.69, 9.17) is 4.52 Å². The molecule has 0 aliphatic heterocycles. The van der Waals surface area contributed by atoms with Gasteiger partial charge in [0.25, 0.3) is 5.89 Å². The first-order valence-corrected chi connectivity index (χ1v) is 5.93. The van der Waals surface area contributed by atoms with E-state index in [2.05, 4.69) is 15.1 Å². The fraction of sp³-hybridized carbons (Fsp3) is 0.0714. The van der Waals surface area contributed by atoms with E-state index in [0.717, 1.165) is 5.56 Å². The first-order valence-electron chi connectivity index (χ1n) is 5.93. The zero-order valence-corrected chi connectivity index (χ0v) is 10.6. The molecule has 0 saturated carbocycles. The van der Waals surface area contributed by atoms with Gasteiger partial charge in [0.1, 0.15) is 5.69 Å². The minimum Gasteiger partial charge on any atom is -0.504 e. The molecule has 2 N–H and O–H groups in total. The van der Waals surface area contributed by atoms with E-state index >= 15 is 0 Å². The molecule has 0 atom stereocenters. The van der Waals surface area contributed by atoms with Crippen LogP contribution in [-0.4, -0.2) is 25.3 Å². The molecule has 0 bridgehead atoms. The standard InChI is InChI=1S/C14H11N3O3/c1-8-3-2-6-15-12(8)13-16-14(20-17-13)9-4-5-10(18)11(19)7-9/h2-7,18-19H,1H3. The summed E-state index contributed by atoms with van der Waals surface area (Å²) < 4.78 is 5.16. The topological polar surface area (TPSA) is 92.3 Å². The van der Waals surface area contributed by atoms with Crippen LogP contribution >= 0.6 is 0 Å². The smallest absolute Gasteiger partial charge is 0.258 e. The highest BCUT2D eigenvalue weighted by molar-refractivity contribution is 5.62. The monoisotopic (exact) mass is 269 g/mol. The molecule has 0 fully saturated rings. The van der Waals surface area contributed by atoms with Gasteiger partial charge in [-0.1, -0.05) is 11.2 Å². The zero-order chi connectivity index (χ0) is 14.1. The van der Waals surface area contributed by atoms with Gasteiger partial charge in [0, 0.05) is 11.8 Å². The highest BCUT2D eigenvalue weighted by Gasteiger charge is 2.14. The van der Waals surface area contributed by atoms with Crippen LogP contribution in [0.4, 0.5) is 0 Å². The third-order valence-electron chi connectivity index (χ3n) is 2.87. The van der Waals surface area contributed by atoms with Crippen LogP contribution in [0.3, 0.4) is 0 Å².